The Hall–Kier alpha value is -2.22. The molecule has 0 spiro atoms. The van der Waals surface area contributed by atoms with E-state index < -0.39 is 0 Å². The molecule has 1 heterocycles. The van der Waals surface area contributed by atoms with E-state index in [9.17, 15) is 5.11 Å². The Balaban J connectivity index is 1.85. The number of phenols is 1. The van der Waals surface area contributed by atoms with Gasteiger partial charge in [0.2, 0.25) is 0 Å². The SMILES string of the molecule is CCCCc1oc2ccccc2c1CCc1ccc(O)cc1. The van der Waals surface area contributed by atoms with Crippen molar-refractivity contribution >= 4 is 11.0 Å². The molecule has 0 unspecified atom stereocenters. The van der Waals surface area contributed by atoms with Crippen molar-refractivity contribution < 1.29 is 9.52 Å². The van der Waals surface area contributed by atoms with E-state index in [4.69, 9.17) is 4.42 Å². The van der Waals surface area contributed by atoms with Crippen LogP contribution in [0.4, 0.5) is 0 Å². The largest absolute Gasteiger partial charge is 0.508 e. The molecule has 0 saturated heterocycles. The van der Waals surface area contributed by atoms with Gasteiger partial charge in [0.05, 0.1) is 0 Å². The van der Waals surface area contributed by atoms with Crippen molar-refractivity contribution in [1.29, 1.82) is 0 Å². The lowest BCUT2D eigenvalue weighted by Gasteiger charge is -2.04. The van der Waals surface area contributed by atoms with Crippen LogP contribution in [0, 0.1) is 0 Å². The minimum atomic E-state index is 0.321. The Morgan fingerprint density at radius 2 is 1.68 bits per heavy atom. The Morgan fingerprint density at radius 1 is 0.909 bits per heavy atom. The summed E-state index contributed by atoms with van der Waals surface area (Å²) >= 11 is 0. The number of hydrogen-bond donors (Lipinski definition) is 1. The Labute approximate surface area is 131 Å². The van der Waals surface area contributed by atoms with Gasteiger partial charge in [0.1, 0.15) is 17.1 Å². The number of aryl methyl sites for hydroxylation is 3. The first-order valence-electron chi connectivity index (χ1n) is 8.05. The maximum absolute atomic E-state index is 9.38. The Kier molecular flexibility index (Phi) is 4.47. The minimum Gasteiger partial charge on any atom is -0.508 e. The number of para-hydroxylation sites is 1. The second-order valence-corrected chi connectivity index (χ2v) is 5.77. The molecule has 0 atom stereocenters. The molecule has 1 N–H and O–H groups in total. The van der Waals surface area contributed by atoms with Gasteiger partial charge in [-0.15, -0.1) is 0 Å². The molecule has 22 heavy (non-hydrogen) atoms. The molecule has 2 aromatic carbocycles. The molecular weight excluding hydrogens is 272 g/mol. The summed E-state index contributed by atoms with van der Waals surface area (Å²) in [7, 11) is 0. The van der Waals surface area contributed by atoms with E-state index in [2.05, 4.69) is 25.1 Å². The number of rotatable bonds is 6. The third kappa shape index (κ3) is 3.16. The number of phenolic OH excluding ortho intramolecular Hbond substituents is 1. The molecule has 3 rings (SSSR count). The topological polar surface area (TPSA) is 33.4 Å². The second-order valence-electron chi connectivity index (χ2n) is 5.77. The van der Waals surface area contributed by atoms with Crippen LogP contribution in [0.2, 0.25) is 0 Å². The summed E-state index contributed by atoms with van der Waals surface area (Å²) in [6, 6.07) is 15.8. The standard InChI is InChI=1S/C20H22O2/c1-2-3-7-19-18(17-6-4-5-8-20(17)22-19)14-11-15-9-12-16(21)13-10-15/h4-6,8-10,12-13,21H,2-3,7,11,14H2,1H3. The maximum atomic E-state index is 9.38. The third-order valence-corrected chi connectivity index (χ3v) is 4.14. The Morgan fingerprint density at radius 3 is 2.45 bits per heavy atom. The number of aromatic hydroxyl groups is 1. The van der Waals surface area contributed by atoms with Gasteiger partial charge in [0, 0.05) is 17.4 Å². The number of fused-ring (bicyclic) bond motifs is 1. The first kappa shape index (κ1) is 14.7. The first-order chi connectivity index (χ1) is 10.8. The number of furan rings is 1. The van der Waals surface area contributed by atoms with Gasteiger partial charge in [-0.2, -0.15) is 0 Å². The minimum absolute atomic E-state index is 0.321. The summed E-state index contributed by atoms with van der Waals surface area (Å²) in [5.74, 6) is 1.46. The third-order valence-electron chi connectivity index (χ3n) is 4.14. The van der Waals surface area contributed by atoms with Crippen molar-refractivity contribution in [3.63, 3.8) is 0 Å². The monoisotopic (exact) mass is 294 g/mol. The second kappa shape index (κ2) is 6.69. The molecule has 0 aliphatic carbocycles. The summed E-state index contributed by atoms with van der Waals surface area (Å²) in [5.41, 5.74) is 3.58. The summed E-state index contributed by atoms with van der Waals surface area (Å²) in [6.07, 6.45) is 5.28. The van der Waals surface area contributed by atoms with E-state index in [1.807, 2.05) is 18.2 Å². The molecular formula is C20H22O2. The van der Waals surface area contributed by atoms with Gasteiger partial charge in [-0.3, -0.25) is 0 Å². The zero-order chi connectivity index (χ0) is 15.4. The molecule has 0 radical (unpaired) electrons. The fourth-order valence-corrected chi connectivity index (χ4v) is 2.89. The van der Waals surface area contributed by atoms with Crippen molar-refractivity contribution in [3.05, 3.63) is 65.4 Å². The molecule has 0 saturated carbocycles. The lowest BCUT2D eigenvalue weighted by Crippen LogP contribution is -1.95. The van der Waals surface area contributed by atoms with Crippen molar-refractivity contribution in [1.82, 2.24) is 0 Å². The highest BCUT2D eigenvalue weighted by Gasteiger charge is 2.13. The lowest BCUT2D eigenvalue weighted by molar-refractivity contribution is 0.475. The van der Waals surface area contributed by atoms with E-state index in [-0.39, 0.29) is 0 Å². The molecule has 0 aliphatic heterocycles. The van der Waals surface area contributed by atoms with Crippen LogP contribution in [-0.2, 0) is 19.3 Å². The number of benzene rings is 2. The van der Waals surface area contributed by atoms with Gasteiger partial charge in [0.15, 0.2) is 0 Å². The van der Waals surface area contributed by atoms with Gasteiger partial charge in [0.25, 0.3) is 0 Å². The molecule has 3 aromatic rings. The van der Waals surface area contributed by atoms with Crippen LogP contribution >= 0.6 is 0 Å². The van der Waals surface area contributed by atoms with Crippen molar-refractivity contribution in [2.75, 3.05) is 0 Å². The van der Waals surface area contributed by atoms with E-state index in [0.29, 0.717) is 5.75 Å². The molecule has 2 heteroatoms. The maximum Gasteiger partial charge on any atom is 0.134 e. The average molecular weight is 294 g/mol. The molecule has 2 nitrogen and oxygen atoms in total. The molecule has 114 valence electrons. The zero-order valence-electron chi connectivity index (χ0n) is 13.0. The van der Waals surface area contributed by atoms with Gasteiger partial charge in [-0.1, -0.05) is 43.7 Å². The van der Waals surface area contributed by atoms with Crippen LogP contribution in [0.25, 0.3) is 11.0 Å². The smallest absolute Gasteiger partial charge is 0.134 e. The number of hydrogen-bond acceptors (Lipinski definition) is 2. The molecule has 0 bridgehead atoms. The highest BCUT2D eigenvalue weighted by Crippen LogP contribution is 2.28. The van der Waals surface area contributed by atoms with Crippen LogP contribution in [0.5, 0.6) is 5.75 Å². The average Bonchev–Trinajstić information content (AvgIpc) is 2.90. The van der Waals surface area contributed by atoms with Crippen molar-refractivity contribution in [2.45, 2.75) is 39.0 Å². The molecule has 1 aromatic heterocycles. The van der Waals surface area contributed by atoms with E-state index in [1.165, 1.54) is 22.9 Å². The Bertz CT molecular complexity index is 738. The summed E-state index contributed by atoms with van der Waals surface area (Å²) < 4.78 is 6.07. The van der Waals surface area contributed by atoms with Crippen LogP contribution in [0.3, 0.4) is 0 Å². The van der Waals surface area contributed by atoms with Crippen LogP contribution < -0.4 is 0 Å². The normalized spacial score (nSPS) is 11.1. The van der Waals surface area contributed by atoms with Gasteiger partial charge in [-0.25, -0.2) is 0 Å². The van der Waals surface area contributed by atoms with Gasteiger partial charge in [-0.05, 0) is 43.0 Å². The lowest BCUT2D eigenvalue weighted by atomic mass is 10.00. The zero-order valence-corrected chi connectivity index (χ0v) is 13.0. The van der Waals surface area contributed by atoms with Crippen LogP contribution in [-0.4, -0.2) is 5.11 Å². The molecule has 0 fully saturated rings. The number of unbranched alkanes of at least 4 members (excludes halogenated alkanes) is 1. The summed E-state index contributed by atoms with van der Waals surface area (Å²) in [5, 5.41) is 10.6. The van der Waals surface area contributed by atoms with E-state index >= 15 is 0 Å². The predicted octanol–water partition coefficient (Wildman–Crippen LogP) is 5.27. The fourth-order valence-electron chi connectivity index (χ4n) is 2.89. The highest BCUT2D eigenvalue weighted by atomic mass is 16.3. The van der Waals surface area contributed by atoms with Crippen LogP contribution in [0.1, 0.15) is 36.7 Å². The van der Waals surface area contributed by atoms with E-state index in [0.717, 1.165) is 37.0 Å². The predicted molar refractivity (Wildman–Crippen MR) is 90.3 cm³/mol. The quantitative estimate of drug-likeness (QED) is 0.672. The van der Waals surface area contributed by atoms with Crippen LogP contribution in [0.15, 0.2) is 52.9 Å². The first-order valence-corrected chi connectivity index (χ1v) is 8.05. The van der Waals surface area contributed by atoms with E-state index in [1.54, 1.807) is 12.1 Å². The van der Waals surface area contributed by atoms with Crippen molar-refractivity contribution in [2.24, 2.45) is 0 Å². The van der Waals surface area contributed by atoms with Crippen molar-refractivity contribution in [3.8, 4) is 5.75 Å². The molecule has 0 aliphatic rings. The highest BCUT2D eigenvalue weighted by molar-refractivity contribution is 5.82. The van der Waals surface area contributed by atoms with Gasteiger partial charge >= 0.3 is 0 Å². The summed E-state index contributed by atoms with van der Waals surface area (Å²) in [6.45, 7) is 2.21. The fraction of sp³-hybridized carbons (Fsp3) is 0.300. The van der Waals surface area contributed by atoms with Gasteiger partial charge < -0.3 is 9.52 Å². The summed E-state index contributed by atoms with van der Waals surface area (Å²) in [4.78, 5) is 0. The molecule has 0 amide bonds.